The van der Waals surface area contributed by atoms with E-state index in [0.717, 1.165) is 0 Å². The molecule has 1 fully saturated rings. The molecule has 1 aliphatic carbocycles. The highest BCUT2D eigenvalue weighted by atomic mass is 16.2. The van der Waals surface area contributed by atoms with E-state index in [2.05, 4.69) is 24.4 Å². The number of benzene rings is 2. The van der Waals surface area contributed by atoms with E-state index in [-0.39, 0.29) is 17.7 Å². The van der Waals surface area contributed by atoms with Crippen molar-refractivity contribution in [2.75, 3.05) is 5.32 Å². The minimum Gasteiger partial charge on any atom is -0.366 e. The predicted octanol–water partition coefficient (Wildman–Crippen LogP) is 2.77. The molecule has 4 heteroatoms. The third-order valence-electron chi connectivity index (χ3n) is 4.28. The summed E-state index contributed by atoms with van der Waals surface area (Å²) in [6.45, 7) is 2.09. The SMILES string of the molecule is CC1C(C(=O)Nc2cccc(C(N)=O)c2)C1c1ccccc1. The van der Waals surface area contributed by atoms with Gasteiger partial charge in [0.25, 0.3) is 0 Å². The summed E-state index contributed by atoms with van der Waals surface area (Å²) in [6, 6.07) is 16.8. The van der Waals surface area contributed by atoms with Crippen LogP contribution < -0.4 is 11.1 Å². The van der Waals surface area contributed by atoms with Crippen LogP contribution >= 0.6 is 0 Å². The molecule has 1 saturated carbocycles. The molecule has 3 rings (SSSR count). The molecule has 4 nitrogen and oxygen atoms in total. The number of rotatable bonds is 4. The maximum Gasteiger partial charge on any atom is 0.248 e. The molecule has 3 unspecified atom stereocenters. The Bertz CT molecular complexity index is 712. The summed E-state index contributed by atoms with van der Waals surface area (Å²) >= 11 is 0. The second-order valence-corrected chi connectivity index (χ2v) is 5.76. The lowest BCUT2D eigenvalue weighted by molar-refractivity contribution is -0.117. The number of hydrogen-bond donors (Lipinski definition) is 2. The van der Waals surface area contributed by atoms with Crippen LogP contribution in [-0.4, -0.2) is 11.8 Å². The van der Waals surface area contributed by atoms with Crippen molar-refractivity contribution in [3.05, 3.63) is 65.7 Å². The van der Waals surface area contributed by atoms with E-state index in [0.29, 0.717) is 17.2 Å². The number of hydrogen-bond acceptors (Lipinski definition) is 2. The molecule has 0 saturated heterocycles. The Hall–Kier alpha value is -2.62. The lowest BCUT2D eigenvalue weighted by atomic mass is 10.1. The van der Waals surface area contributed by atoms with Crippen molar-refractivity contribution in [2.45, 2.75) is 12.8 Å². The van der Waals surface area contributed by atoms with E-state index in [1.165, 1.54) is 5.56 Å². The second kappa shape index (κ2) is 5.64. The van der Waals surface area contributed by atoms with Gasteiger partial charge in [-0.1, -0.05) is 43.3 Å². The fourth-order valence-electron chi connectivity index (χ4n) is 3.03. The molecule has 0 heterocycles. The predicted molar refractivity (Wildman–Crippen MR) is 85.4 cm³/mol. The molecule has 0 aromatic heterocycles. The Morgan fingerprint density at radius 2 is 1.77 bits per heavy atom. The molecular weight excluding hydrogens is 276 g/mol. The molecule has 2 aromatic rings. The Kier molecular flexibility index (Phi) is 3.67. The van der Waals surface area contributed by atoms with E-state index in [1.807, 2.05) is 18.2 Å². The van der Waals surface area contributed by atoms with Crippen molar-refractivity contribution in [2.24, 2.45) is 17.6 Å². The van der Waals surface area contributed by atoms with Crippen molar-refractivity contribution in [3.63, 3.8) is 0 Å². The summed E-state index contributed by atoms with van der Waals surface area (Å²) in [5, 5.41) is 2.88. The van der Waals surface area contributed by atoms with Crippen LogP contribution in [0.3, 0.4) is 0 Å². The molecule has 112 valence electrons. The highest BCUT2D eigenvalue weighted by Gasteiger charge is 2.52. The van der Waals surface area contributed by atoms with Gasteiger partial charge in [-0.05, 0) is 35.6 Å². The van der Waals surface area contributed by atoms with Crippen LogP contribution in [0.15, 0.2) is 54.6 Å². The Labute approximate surface area is 129 Å². The molecule has 0 radical (unpaired) electrons. The van der Waals surface area contributed by atoms with Gasteiger partial charge in [0.05, 0.1) is 0 Å². The Morgan fingerprint density at radius 1 is 1.05 bits per heavy atom. The van der Waals surface area contributed by atoms with E-state index in [9.17, 15) is 9.59 Å². The topological polar surface area (TPSA) is 72.2 Å². The fourth-order valence-corrected chi connectivity index (χ4v) is 3.03. The molecule has 3 atom stereocenters. The van der Waals surface area contributed by atoms with Crippen molar-refractivity contribution in [3.8, 4) is 0 Å². The van der Waals surface area contributed by atoms with Gasteiger partial charge in [0, 0.05) is 17.2 Å². The van der Waals surface area contributed by atoms with Gasteiger partial charge in [0.2, 0.25) is 11.8 Å². The van der Waals surface area contributed by atoms with Gasteiger partial charge in [0.1, 0.15) is 0 Å². The summed E-state index contributed by atoms with van der Waals surface area (Å²) in [4.78, 5) is 23.6. The highest BCUT2D eigenvalue weighted by Crippen LogP contribution is 2.54. The first-order valence-corrected chi connectivity index (χ1v) is 7.33. The standard InChI is InChI=1S/C18H18N2O2/c1-11-15(12-6-3-2-4-7-12)16(11)18(22)20-14-9-5-8-13(10-14)17(19)21/h2-11,15-16H,1H3,(H2,19,21)(H,20,22). The number of nitrogens with two attached hydrogens (primary N) is 1. The van der Waals surface area contributed by atoms with Gasteiger partial charge in [-0.2, -0.15) is 0 Å². The first-order chi connectivity index (χ1) is 10.6. The van der Waals surface area contributed by atoms with Crippen LogP contribution in [0.2, 0.25) is 0 Å². The number of primary amides is 1. The Morgan fingerprint density at radius 3 is 2.45 bits per heavy atom. The first-order valence-electron chi connectivity index (χ1n) is 7.33. The van der Waals surface area contributed by atoms with Gasteiger partial charge in [-0.15, -0.1) is 0 Å². The van der Waals surface area contributed by atoms with Gasteiger partial charge < -0.3 is 11.1 Å². The maximum absolute atomic E-state index is 12.4. The molecule has 0 bridgehead atoms. The molecule has 1 aliphatic rings. The number of anilines is 1. The monoisotopic (exact) mass is 294 g/mol. The second-order valence-electron chi connectivity index (χ2n) is 5.76. The fraction of sp³-hybridized carbons (Fsp3) is 0.222. The van der Waals surface area contributed by atoms with Crippen LogP contribution in [0.25, 0.3) is 0 Å². The molecular formula is C18H18N2O2. The average Bonchev–Trinajstić information content (AvgIpc) is 3.20. The first kappa shape index (κ1) is 14.3. The number of nitrogens with one attached hydrogen (secondary N) is 1. The molecule has 22 heavy (non-hydrogen) atoms. The molecule has 2 amide bonds. The van der Waals surface area contributed by atoms with E-state index in [1.54, 1.807) is 24.3 Å². The summed E-state index contributed by atoms with van der Waals surface area (Å²) in [6.07, 6.45) is 0. The smallest absolute Gasteiger partial charge is 0.248 e. The summed E-state index contributed by atoms with van der Waals surface area (Å²) < 4.78 is 0. The maximum atomic E-state index is 12.4. The van der Waals surface area contributed by atoms with Crippen molar-refractivity contribution in [1.82, 2.24) is 0 Å². The lowest BCUT2D eigenvalue weighted by Crippen LogP contribution is -2.16. The van der Waals surface area contributed by atoms with Crippen molar-refractivity contribution in [1.29, 1.82) is 0 Å². The van der Waals surface area contributed by atoms with E-state index < -0.39 is 5.91 Å². The molecule has 3 N–H and O–H groups in total. The van der Waals surface area contributed by atoms with Crippen molar-refractivity contribution >= 4 is 17.5 Å². The lowest BCUT2D eigenvalue weighted by Gasteiger charge is -2.06. The minimum atomic E-state index is -0.502. The minimum absolute atomic E-state index is 0.0111. The quantitative estimate of drug-likeness (QED) is 0.910. The van der Waals surface area contributed by atoms with Gasteiger partial charge in [-0.3, -0.25) is 9.59 Å². The summed E-state index contributed by atoms with van der Waals surface area (Å²) in [7, 11) is 0. The number of carbonyl (C=O) groups excluding carboxylic acids is 2. The molecule has 0 spiro atoms. The summed E-state index contributed by atoms with van der Waals surface area (Å²) in [5.41, 5.74) is 7.44. The van der Waals surface area contributed by atoms with Gasteiger partial charge >= 0.3 is 0 Å². The largest absolute Gasteiger partial charge is 0.366 e. The van der Waals surface area contributed by atoms with Crippen molar-refractivity contribution < 1.29 is 9.59 Å². The van der Waals surface area contributed by atoms with Crippen LogP contribution in [0.1, 0.15) is 28.8 Å². The van der Waals surface area contributed by atoms with Crippen LogP contribution in [0, 0.1) is 11.8 Å². The van der Waals surface area contributed by atoms with Crippen LogP contribution in [0.4, 0.5) is 5.69 Å². The zero-order chi connectivity index (χ0) is 15.7. The Balaban J connectivity index is 1.71. The summed E-state index contributed by atoms with van der Waals surface area (Å²) in [5.74, 6) is 0.0444. The normalized spacial score (nSPS) is 22.9. The zero-order valence-electron chi connectivity index (χ0n) is 12.3. The third kappa shape index (κ3) is 2.72. The van der Waals surface area contributed by atoms with Gasteiger partial charge in [0.15, 0.2) is 0 Å². The van der Waals surface area contributed by atoms with E-state index in [4.69, 9.17) is 5.73 Å². The number of carbonyl (C=O) groups is 2. The number of amides is 2. The van der Waals surface area contributed by atoms with E-state index >= 15 is 0 Å². The molecule has 0 aliphatic heterocycles. The van der Waals surface area contributed by atoms with Gasteiger partial charge in [-0.25, -0.2) is 0 Å². The highest BCUT2D eigenvalue weighted by molar-refractivity contribution is 5.98. The van der Waals surface area contributed by atoms with Crippen LogP contribution in [-0.2, 0) is 4.79 Å². The van der Waals surface area contributed by atoms with Crippen LogP contribution in [0.5, 0.6) is 0 Å². The third-order valence-corrected chi connectivity index (χ3v) is 4.28. The molecule has 2 aromatic carbocycles. The zero-order valence-corrected chi connectivity index (χ0v) is 12.3. The average molecular weight is 294 g/mol.